The maximum Gasteiger partial charge on any atom is 0.215 e. The zero-order valence-corrected chi connectivity index (χ0v) is 14.7. The molecule has 3 atom stereocenters. The van der Waals surface area contributed by atoms with Gasteiger partial charge in [0, 0.05) is 46.4 Å². The molecule has 0 aromatic rings. The van der Waals surface area contributed by atoms with Crippen molar-refractivity contribution in [3.63, 3.8) is 0 Å². The number of hydrogen-bond donors (Lipinski definition) is 1. The lowest BCUT2D eigenvalue weighted by Gasteiger charge is -2.48. The number of rotatable bonds is 4. The Hall–Kier alpha value is -1.62. The normalized spacial score (nSPS) is 29.9. The molecule has 3 aliphatic heterocycles. The molecular formula is C18H29N4O+. The fourth-order valence-electron chi connectivity index (χ4n) is 4.20. The van der Waals surface area contributed by atoms with Crippen LogP contribution in [0.15, 0.2) is 35.7 Å². The van der Waals surface area contributed by atoms with Gasteiger partial charge in [-0.05, 0) is 23.8 Å². The number of nitroso groups, excluding NO2 is 1. The van der Waals surface area contributed by atoms with Gasteiger partial charge in [-0.15, -0.1) is 0 Å². The lowest BCUT2D eigenvalue weighted by Crippen LogP contribution is -2.58. The van der Waals surface area contributed by atoms with E-state index < -0.39 is 0 Å². The van der Waals surface area contributed by atoms with E-state index in [-0.39, 0.29) is 6.17 Å². The Morgan fingerprint density at radius 1 is 1.39 bits per heavy atom. The van der Waals surface area contributed by atoms with Gasteiger partial charge < -0.3 is 5.32 Å². The molecule has 3 rings (SSSR count). The topological polar surface area (TPSA) is 38.6 Å². The molecule has 0 saturated carbocycles. The van der Waals surface area contributed by atoms with Crippen LogP contribution in [0.1, 0.15) is 27.7 Å². The second-order valence-corrected chi connectivity index (χ2v) is 7.03. The summed E-state index contributed by atoms with van der Waals surface area (Å²) < 4.78 is 1.24. The monoisotopic (exact) mass is 317 g/mol. The van der Waals surface area contributed by atoms with Gasteiger partial charge in [0.1, 0.15) is 6.17 Å². The van der Waals surface area contributed by atoms with Crippen molar-refractivity contribution < 1.29 is 4.76 Å². The number of hydrogen-bond acceptors (Lipinski definition) is 4. The maximum atomic E-state index is 12.2. The molecule has 3 unspecified atom stereocenters. The summed E-state index contributed by atoms with van der Waals surface area (Å²) >= 11 is 0. The highest BCUT2D eigenvalue weighted by Crippen LogP contribution is 2.42. The van der Waals surface area contributed by atoms with E-state index in [0.29, 0.717) is 30.8 Å². The van der Waals surface area contributed by atoms with Crippen LogP contribution >= 0.6 is 0 Å². The highest BCUT2D eigenvalue weighted by Gasteiger charge is 2.47. The summed E-state index contributed by atoms with van der Waals surface area (Å²) in [5.41, 5.74) is 2.67. The van der Waals surface area contributed by atoms with E-state index >= 15 is 0 Å². The van der Waals surface area contributed by atoms with E-state index in [4.69, 9.17) is 0 Å². The molecule has 1 fully saturated rings. The summed E-state index contributed by atoms with van der Waals surface area (Å²) in [7, 11) is 0. The lowest BCUT2D eigenvalue weighted by molar-refractivity contribution is -0.559. The van der Waals surface area contributed by atoms with Gasteiger partial charge in [-0.25, -0.2) is 5.01 Å². The van der Waals surface area contributed by atoms with Crippen LogP contribution in [-0.2, 0) is 0 Å². The first-order valence-corrected chi connectivity index (χ1v) is 8.85. The van der Waals surface area contributed by atoms with E-state index in [9.17, 15) is 4.91 Å². The second kappa shape index (κ2) is 6.48. The largest absolute Gasteiger partial charge is 0.367 e. The van der Waals surface area contributed by atoms with Crippen LogP contribution in [0.4, 0.5) is 0 Å². The molecule has 126 valence electrons. The third-order valence-corrected chi connectivity index (χ3v) is 5.39. The van der Waals surface area contributed by atoms with E-state index in [1.54, 1.807) is 0 Å². The average molecular weight is 317 g/mol. The molecule has 1 saturated heterocycles. The number of fused-ring (bicyclic) bond motifs is 3. The highest BCUT2D eigenvalue weighted by molar-refractivity contribution is 5.36. The SMILES string of the molecule is CCN(CC)N1C=C2C[N+](=O)CC(C(C)C)C2C2=CC=CNC21. The van der Waals surface area contributed by atoms with Gasteiger partial charge in [0.25, 0.3) is 0 Å². The fraction of sp³-hybridized carbons (Fsp3) is 0.667. The molecule has 5 nitrogen and oxygen atoms in total. The van der Waals surface area contributed by atoms with E-state index in [1.807, 2.05) is 6.20 Å². The van der Waals surface area contributed by atoms with Gasteiger partial charge in [-0.3, -0.25) is 5.01 Å². The molecule has 1 N–H and O–H groups in total. The molecule has 0 radical (unpaired) electrons. The summed E-state index contributed by atoms with van der Waals surface area (Å²) in [6.45, 7) is 11.9. The van der Waals surface area contributed by atoms with Crippen molar-refractivity contribution in [2.45, 2.75) is 33.9 Å². The minimum atomic E-state index is 0.174. The summed E-state index contributed by atoms with van der Waals surface area (Å²) in [5, 5.41) is 8.13. The number of nitrogens with one attached hydrogen (secondary N) is 1. The smallest absolute Gasteiger partial charge is 0.215 e. The van der Waals surface area contributed by atoms with Crippen LogP contribution < -0.4 is 5.32 Å². The van der Waals surface area contributed by atoms with Crippen molar-refractivity contribution >= 4 is 0 Å². The minimum absolute atomic E-state index is 0.174. The molecule has 0 bridgehead atoms. The second-order valence-electron chi connectivity index (χ2n) is 7.03. The van der Waals surface area contributed by atoms with Gasteiger partial charge in [-0.1, -0.05) is 33.8 Å². The standard InChI is InChI=1S/C18H29N4O/c1-5-20(6-2)22-11-14-10-21(23)12-16(13(3)4)17(14)15-8-7-9-19-18(15)22/h7-9,11,13,16-19H,5-6,10,12H2,1-4H3/q+1. The Bertz CT molecular complexity index is 559. The predicted molar refractivity (Wildman–Crippen MR) is 92.2 cm³/mol. The first-order chi connectivity index (χ1) is 11.1. The zero-order chi connectivity index (χ0) is 16.6. The van der Waals surface area contributed by atoms with Crippen LogP contribution in [0.25, 0.3) is 0 Å². The third-order valence-electron chi connectivity index (χ3n) is 5.39. The van der Waals surface area contributed by atoms with Crippen molar-refractivity contribution in [3.8, 4) is 0 Å². The van der Waals surface area contributed by atoms with Crippen molar-refractivity contribution in [3.05, 3.63) is 40.6 Å². The first kappa shape index (κ1) is 16.2. The van der Waals surface area contributed by atoms with Crippen molar-refractivity contribution in [1.29, 1.82) is 0 Å². The summed E-state index contributed by atoms with van der Waals surface area (Å²) in [4.78, 5) is 12.2. The van der Waals surface area contributed by atoms with Gasteiger partial charge >= 0.3 is 0 Å². The Morgan fingerprint density at radius 2 is 2.13 bits per heavy atom. The molecule has 0 amide bonds. The lowest BCUT2D eigenvalue weighted by atomic mass is 9.70. The molecule has 3 heterocycles. The first-order valence-electron chi connectivity index (χ1n) is 8.85. The predicted octanol–water partition coefficient (Wildman–Crippen LogP) is 2.49. The van der Waals surface area contributed by atoms with Crippen molar-refractivity contribution in [2.24, 2.45) is 17.8 Å². The van der Waals surface area contributed by atoms with Crippen LogP contribution in [0.2, 0.25) is 0 Å². The Labute approximate surface area is 139 Å². The van der Waals surface area contributed by atoms with Gasteiger partial charge in [0.05, 0.1) is 0 Å². The average Bonchev–Trinajstić information content (AvgIpc) is 2.54. The summed E-state index contributed by atoms with van der Waals surface area (Å²) in [5.74, 6) is 1.26. The van der Waals surface area contributed by atoms with E-state index in [2.05, 4.69) is 61.4 Å². The quantitative estimate of drug-likeness (QED) is 0.809. The number of piperidine rings is 1. The van der Waals surface area contributed by atoms with Crippen LogP contribution in [-0.4, -0.2) is 47.1 Å². The number of hydrazine groups is 1. The molecule has 23 heavy (non-hydrogen) atoms. The summed E-state index contributed by atoms with van der Waals surface area (Å²) in [6, 6.07) is 0. The molecule has 5 heteroatoms. The number of dihydropyridines is 1. The fourth-order valence-corrected chi connectivity index (χ4v) is 4.20. The molecule has 3 aliphatic rings. The van der Waals surface area contributed by atoms with Gasteiger partial charge in [0.15, 0.2) is 6.54 Å². The minimum Gasteiger partial charge on any atom is -0.367 e. The molecule has 0 aromatic carbocycles. The van der Waals surface area contributed by atoms with Gasteiger partial charge in [-0.2, -0.15) is 0 Å². The zero-order valence-electron chi connectivity index (χ0n) is 14.7. The Balaban J connectivity index is 2.05. The highest BCUT2D eigenvalue weighted by atomic mass is 16.3. The maximum absolute atomic E-state index is 12.2. The molecule has 0 aliphatic carbocycles. The van der Waals surface area contributed by atoms with Crippen molar-refractivity contribution in [1.82, 2.24) is 15.3 Å². The van der Waals surface area contributed by atoms with Gasteiger partial charge in [0.2, 0.25) is 6.54 Å². The van der Waals surface area contributed by atoms with Crippen LogP contribution in [0, 0.1) is 22.7 Å². The Morgan fingerprint density at radius 3 is 2.78 bits per heavy atom. The summed E-state index contributed by atoms with van der Waals surface area (Å²) in [6.07, 6.45) is 8.77. The molecule has 0 aromatic heterocycles. The van der Waals surface area contributed by atoms with Crippen LogP contribution in [0.3, 0.4) is 0 Å². The number of nitrogens with zero attached hydrogens (tertiary/aromatic N) is 3. The van der Waals surface area contributed by atoms with Crippen molar-refractivity contribution in [2.75, 3.05) is 26.2 Å². The number of allylic oxidation sites excluding steroid dienone is 2. The third kappa shape index (κ3) is 2.82. The Kier molecular flexibility index (Phi) is 4.57. The van der Waals surface area contributed by atoms with Crippen LogP contribution in [0.5, 0.6) is 0 Å². The molecular weight excluding hydrogens is 288 g/mol. The molecule has 0 spiro atoms. The van der Waals surface area contributed by atoms with E-state index in [0.717, 1.165) is 13.1 Å². The van der Waals surface area contributed by atoms with E-state index in [1.165, 1.54) is 15.9 Å².